The average molecular weight is 341 g/mol. The normalized spacial score (nSPS) is 16.2. The number of amides is 1. The van der Waals surface area contributed by atoms with Gasteiger partial charge in [-0.2, -0.15) is 0 Å². The first-order chi connectivity index (χ1) is 11.6. The van der Waals surface area contributed by atoms with Crippen molar-refractivity contribution in [2.75, 3.05) is 12.3 Å². The second-order valence-electron chi connectivity index (χ2n) is 5.19. The van der Waals surface area contributed by atoms with Crippen LogP contribution >= 0.6 is 11.8 Å². The first-order valence-electron chi connectivity index (χ1n) is 7.48. The van der Waals surface area contributed by atoms with Crippen molar-refractivity contribution < 1.29 is 9.72 Å². The van der Waals surface area contributed by atoms with Crippen LogP contribution in [0.25, 0.3) is 0 Å². The first-order valence-corrected chi connectivity index (χ1v) is 8.46. The molecule has 0 radical (unpaired) electrons. The number of rotatable bonds is 3. The Morgan fingerprint density at radius 1 is 1.12 bits per heavy atom. The maximum Gasteiger partial charge on any atom is 0.269 e. The van der Waals surface area contributed by atoms with Crippen LogP contribution in [0, 0.1) is 10.1 Å². The van der Waals surface area contributed by atoms with Gasteiger partial charge in [0.25, 0.3) is 11.6 Å². The molecule has 1 saturated heterocycles. The second-order valence-corrected chi connectivity index (χ2v) is 6.25. The minimum Gasteiger partial charge on any atom is -0.287 e. The van der Waals surface area contributed by atoms with Gasteiger partial charge in [-0.25, -0.2) is 4.99 Å². The summed E-state index contributed by atoms with van der Waals surface area (Å²) in [6.07, 6.45) is 0.886. The molecule has 3 rings (SSSR count). The summed E-state index contributed by atoms with van der Waals surface area (Å²) < 4.78 is 0. The molecule has 0 N–H and O–H groups in total. The Kier molecular flexibility index (Phi) is 4.90. The van der Waals surface area contributed by atoms with Crippen LogP contribution in [-0.4, -0.2) is 33.2 Å². The molecule has 24 heavy (non-hydrogen) atoms. The topological polar surface area (TPSA) is 75.8 Å². The van der Waals surface area contributed by atoms with Crippen molar-refractivity contribution in [3.8, 4) is 0 Å². The molecule has 6 nitrogen and oxygen atoms in total. The molecule has 0 aliphatic carbocycles. The summed E-state index contributed by atoms with van der Waals surface area (Å²) in [7, 11) is 0. The molecular weight excluding hydrogens is 326 g/mol. The number of nitrogens with zero attached hydrogens (tertiary/aromatic N) is 3. The Morgan fingerprint density at radius 2 is 1.83 bits per heavy atom. The molecule has 2 aromatic rings. The third kappa shape index (κ3) is 3.62. The van der Waals surface area contributed by atoms with E-state index in [-0.39, 0.29) is 11.6 Å². The summed E-state index contributed by atoms with van der Waals surface area (Å²) in [4.78, 5) is 29.2. The predicted octanol–water partition coefficient (Wildman–Crippen LogP) is 3.86. The average Bonchev–Trinajstić information content (AvgIpc) is 2.62. The van der Waals surface area contributed by atoms with Crippen molar-refractivity contribution in [2.24, 2.45) is 4.99 Å². The van der Waals surface area contributed by atoms with Crippen molar-refractivity contribution in [3.63, 3.8) is 0 Å². The number of benzene rings is 2. The van der Waals surface area contributed by atoms with Crippen LogP contribution in [0.1, 0.15) is 16.8 Å². The van der Waals surface area contributed by atoms with E-state index in [9.17, 15) is 14.9 Å². The van der Waals surface area contributed by atoms with Crippen LogP contribution in [-0.2, 0) is 0 Å². The molecule has 1 amide bonds. The Labute approximate surface area is 143 Å². The molecular formula is C17H15N3O3S. The van der Waals surface area contributed by atoms with Crippen LogP contribution in [0.5, 0.6) is 0 Å². The van der Waals surface area contributed by atoms with Crippen LogP contribution in [0.3, 0.4) is 0 Å². The van der Waals surface area contributed by atoms with Crippen LogP contribution in [0.15, 0.2) is 59.6 Å². The van der Waals surface area contributed by atoms with E-state index in [0.717, 1.165) is 17.9 Å². The molecule has 0 atom stereocenters. The molecule has 0 spiro atoms. The molecule has 0 unspecified atom stereocenters. The van der Waals surface area contributed by atoms with Gasteiger partial charge in [-0.1, -0.05) is 30.0 Å². The lowest BCUT2D eigenvalue weighted by Gasteiger charge is -2.27. The van der Waals surface area contributed by atoms with Gasteiger partial charge in [0.2, 0.25) is 0 Å². The van der Waals surface area contributed by atoms with Crippen molar-refractivity contribution in [2.45, 2.75) is 6.42 Å². The fourth-order valence-electron chi connectivity index (χ4n) is 2.34. The fraction of sp³-hybridized carbons (Fsp3) is 0.176. The van der Waals surface area contributed by atoms with Crippen molar-refractivity contribution in [1.29, 1.82) is 0 Å². The van der Waals surface area contributed by atoms with Gasteiger partial charge in [-0.15, -0.1) is 0 Å². The highest BCUT2D eigenvalue weighted by molar-refractivity contribution is 8.13. The van der Waals surface area contributed by atoms with Gasteiger partial charge in [0, 0.05) is 30.0 Å². The number of carbonyl (C=O) groups excluding carboxylic acids is 1. The summed E-state index contributed by atoms with van der Waals surface area (Å²) in [5.41, 5.74) is 1.19. The molecule has 1 fully saturated rings. The molecule has 7 heteroatoms. The monoisotopic (exact) mass is 341 g/mol. The van der Waals surface area contributed by atoms with E-state index in [1.807, 2.05) is 30.3 Å². The number of hydrogen-bond donors (Lipinski definition) is 0. The Hall–Kier alpha value is -2.67. The van der Waals surface area contributed by atoms with Gasteiger partial charge in [0.15, 0.2) is 5.17 Å². The number of hydrogen-bond acceptors (Lipinski definition) is 5. The van der Waals surface area contributed by atoms with E-state index in [0.29, 0.717) is 17.3 Å². The summed E-state index contributed by atoms with van der Waals surface area (Å²) in [5, 5.41) is 11.4. The molecule has 0 aromatic heterocycles. The maximum atomic E-state index is 12.7. The molecule has 0 bridgehead atoms. The zero-order valence-corrected chi connectivity index (χ0v) is 13.6. The highest BCUT2D eigenvalue weighted by atomic mass is 32.2. The van der Waals surface area contributed by atoms with E-state index >= 15 is 0 Å². The number of nitro benzene ring substituents is 1. The molecule has 122 valence electrons. The lowest BCUT2D eigenvalue weighted by Crippen LogP contribution is -2.39. The molecule has 1 heterocycles. The minimum atomic E-state index is -0.479. The SMILES string of the molecule is O=C(c1ccc([N+](=O)[O-])cc1)N1CCCSC1=Nc1ccccc1. The van der Waals surface area contributed by atoms with E-state index in [4.69, 9.17) is 0 Å². The summed E-state index contributed by atoms with van der Waals surface area (Å²) in [6.45, 7) is 0.592. The van der Waals surface area contributed by atoms with Crippen molar-refractivity contribution in [1.82, 2.24) is 4.90 Å². The van der Waals surface area contributed by atoms with Gasteiger partial charge in [0.05, 0.1) is 10.6 Å². The number of non-ortho nitro benzene ring substituents is 1. The lowest BCUT2D eigenvalue weighted by molar-refractivity contribution is -0.384. The molecule has 1 aliphatic heterocycles. The van der Waals surface area contributed by atoms with Crippen molar-refractivity contribution in [3.05, 3.63) is 70.3 Å². The van der Waals surface area contributed by atoms with E-state index in [1.54, 1.807) is 16.7 Å². The Balaban J connectivity index is 1.86. The van der Waals surface area contributed by atoms with E-state index in [2.05, 4.69) is 4.99 Å². The summed E-state index contributed by atoms with van der Waals surface area (Å²) in [5.74, 6) is 0.724. The van der Waals surface area contributed by atoms with Crippen LogP contribution in [0.4, 0.5) is 11.4 Å². The fourth-order valence-corrected chi connectivity index (χ4v) is 3.29. The smallest absolute Gasteiger partial charge is 0.269 e. The van der Waals surface area contributed by atoms with E-state index in [1.165, 1.54) is 24.3 Å². The van der Waals surface area contributed by atoms with Gasteiger partial charge in [-0.05, 0) is 30.7 Å². The van der Waals surface area contributed by atoms with Crippen LogP contribution in [0.2, 0.25) is 0 Å². The minimum absolute atomic E-state index is 0.0299. The molecule has 2 aromatic carbocycles. The number of aliphatic imine (C=N–C) groups is 1. The lowest BCUT2D eigenvalue weighted by atomic mass is 10.2. The maximum absolute atomic E-state index is 12.7. The van der Waals surface area contributed by atoms with Gasteiger partial charge in [0.1, 0.15) is 0 Å². The number of amidine groups is 1. The summed E-state index contributed by atoms with van der Waals surface area (Å²) >= 11 is 1.54. The first kappa shape index (κ1) is 16.2. The molecule has 1 aliphatic rings. The van der Waals surface area contributed by atoms with Gasteiger partial charge >= 0.3 is 0 Å². The van der Waals surface area contributed by atoms with Crippen LogP contribution < -0.4 is 0 Å². The zero-order valence-electron chi connectivity index (χ0n) is 12.8. The summed E-state index contributed by atoms with van der Waals surface area (Å²) in [6, 6.07) is 15.1. The third-order valence-corrected chi connectivity index (χ3v) is 4.60. The molecule has 0 saturated carbocycles. The van der Waals surface area contributed by atoms with Crippen molar-refractivity contribution >= 4 is 34.2 Å². The Bertz CT molecular complexity index is 775. The number of carbonyl (C=O) groups is 1. The highest BCUT2D eigenvalue weighted by Gasteiger charge is 2.25. The number of para-hydroxylation sites is 1. The quantitative estimate of drug-likeness (QED) is 0.627. The largest absolute Gasteiger partial charge is 0.287 e. The van der Waals surface area contributed by atoms with E-state index < -0.39 is 4.92 Å². The predicted molar refractivity (Wildman–Crippen MR) is 94.7 cm³/mol. The number of nitro groups is 1. The van der Waals surface area contributed by atoms with Gasteiger partial charge < -0.3 is 0 Å². The third-order valence-electron chi connectivity index (χ3n) is 3.54. The Morgan fingerprint density at radius 3 is 2.50 bits per heavy atom. The zero-order chi connectivity index (χ0) is 16.9. The standard InChI is InChI=1S/C17H15N3O3S/c21-16(13-7-9-15(10-8-13)20(22)23)19-11-4-12-24-17(19)18-14-5-2-1-3-6-14/h1-3,5-10H,4,11-12H2. The second kappa shape index (κ2) is 7.27. The highest BCUT2D eigenvalue weighted by Crippen LogP contribution is 2.24. The van der Waals surface area contributed by atoms with Gasteiger partial charge in [-0.3, -0.25) is 19.8 Å². The number of thioether (sulfide) groups is 1.